The number of aliphatic hydroxyl groups excluding tert-OH is 1. The number of aliphatic hydroxyl groups is 1. The van der Waals surface area contributed by atoms with Crippen LogP contribution in [0.25, 0.3) is 0 Å². The zero-order valence-electron chi connectivity index (χ0n) is 13.5. The monoisotopic (exact) mass is 330 g/mol. The third-order valence-electron chi connectivity index (χ3n) is 4.53. The van der Waals surface area contributed by atoms with Crippen LogP contribution in [0.1, 0.15) is 29.4 Å². The Bertz CT molecular complexity index is 552. The number of piperidine rings is 1. The van der Waals surface area contributed by atoms with E-state index in [2.05, 4.69) is 40.5 Å². The van der Waals surface area contributed by atoms with E-state index in [1.165, 1.54) is 18.4 Å². The van der Waals surface area contributed by atoms with Crippen molar-refractivity contribution in [1.29, 1.82) is 0 Å². The summed E-state index contributed by atoms with van der Waals surface area (Å²) in [6, 6.07) is 14.6. The SMILES string of the molecule is OC(CN(Cc1ccccc1)CC1CCNCC1)c1cccs1. The Morgan fingerprint density at radius 3 is 2.61 bits per heavy atom. The minimum atomic E-state index is -0.388. The number of nitrogens with one attached hydrogen (secondary N) is 1. The molecule has 0 saturated carbocycles. The lowest BCUT2D eigenvalue weighted by atomic mass is 9.97. The van der Waals surface area contributed by atoms with Crippen molar-refractivity contribution in [3.05, 3.63) is 58.3 Å². The molecule has 2 N–H and O–H groups in total. The lowest BCUT2D eigenvalue weighted by Crippen LogP contribution is -2.37. The van der Waals surface area contributed by atoms with Crippen LogP contribution in [0.3, 0.4) is 0 Å². The van der Waals surface area contributed by atoms with Gasteiger partial charge < -0.3 is 10.4 Å². The fraction of sp³-hybridized carbons (Fsp3) is 0.474. The maximum Gasteiger partial charge on any atom is 0.101 e. The van der Waals surface area contributed by atoms with Gasteiger partial charge in [-0.3, -0.25) is 4.90 Å². The Morgan fingerprint density at radius 1 is 1.13 bits per heavy atom. The van der Waals surface area contributed by atoms with Gasteiger partial charge in [0.15, 0.2) is 0 Å². The maximum absolute atomic E-state index is 10.5. The second-order valence-corrected chi connectivity index (χ2v) is 7.38. The van der Waals surface area contributed by atoms with Crippen LogP contribution in [0.15, 0.2) is 47.8 Å². The second-order valence-electron chi connectivity index (χ2n) is 6.40. The molecule has 1 aliphatic rings. The molecule has 3 nitrogen and oxygen atoms in total. The fourth-order valence-electron chi connectivity index (χ4n) is 3.29. The fourth-order valence-corrected chi connectivity index (χ4v) is 3.99. The molecule has 23 heavy (non-hydrogen) atoms. The van der Waals surface area contributed by atoms with Crippen molar-refractivity contribution in [3.8, 4) is 0 Å². The molecule has 0 amide bonds. The molecule has 1 atom stereocenters. The normalized spacial score (nSPS) is 17.5. The molecule has 1 fully saturated rings. The second kappa shape index (κ2) is 8.60. The van der Waals surface area contributed by atoms with Gasteiger partial charge in [0.2, 0.25) is 0 Å². The third-order valence-corrected chi connectivity index (χ3v) is 5.50. The summed E-state index contributed by atoms with van der Waals surface area (Å²) in [6.45, 7) is 4.93. The van der Waals surface area contributed by atoms with Gasteiger partial charge in [0.05, 0.1) is 0 Å². The van der Waals surface area contributed by atoms with Gasteiger partial charge >= 0.3 is 0 Å². The number of nitrogens with zero attached hydrogens (tertiary/aromatic N) is 1. The van der Waals surface area contributed by atoms with Crippen molar-refractivity contribution >= 4 is 11.3 Å². The molecule has 0 spiro atoms. The summed E-state index contributed by atoms with van der Waals surface area (Å²) >= 11 is 1.64. The van der Waals surface area contributed by atoms with Gasteiger partial charge in [0.1, 0.15) is 6.10 Å². The predicted molar refractivity (Wildman–Crippen MR) is 96.6 cm³/mol. The molecule has 1 unspecified atom stereocenters. The minimum Gasteiger partial charge on any atom is -0.386 e. The van der Waals surface area contributed by atoms with Gasteiger partial charge in [0, 0.05) is 24.5 Å². The van der Waals surface area contributed by atoms with E-state index in [1.54, 1.807) is 11.3 Å². The van der Waals surface area contributed by atoms with Crippen LogP contribution < -0.4 is 5.32 Å². The Labute approximate surface area is 143 Å². The zero-order chi connectivity index (χ0) is 15.9. The minimum absolute atomic E-state index is 0.388. The van der Waals surface area contributed by atoms with E-state index in [0.29, 0.717) is 6.54 Å². The van der Waals surface area contributed by atoms with Crippen molar-refractivity contribution < 1.29 is 5.11 Å². The van der Waals surface area contributed by atoms with Crippen LogP contribution in [0.4, 0.5) is 0 Å². The zero-order valence-corrected chi connectivity index (χ0v) is 14.3. The summed E-state index contributed by atoms with van der Waals surface area (Å²) in [5.41, 5.74) is 1.32. The van der Waals surface area contributed by atoms with E-state index in [4.69, 9.17) is 0 Å². The molecular weight excluding hydrogens is 304 g/mol. The molecule has 1 saturated heterocycles. The first-order chi connectivity index (χ1) is 11.3. The topological polar surface area (TPSA) is 35.5 Å². The lowest BCUT2D eigenvalue weighted by molar-refractivity contribution is 0.0961. The van der Waals surface area contributed by atoms with Crippen LogP contribution in [0.2, 0.25) is 0 Å². The van der Waals surface area contributed by atoms with Gasteiger partial charge in [-0.2, -0.15) is 0 Å². The van der Waals surface area contributed by atoms with E-state index in [1.807, 2.05) is 17.5 Å². The molecular formula is C19H26N2OS. The molecule has 2 aromatic rings. The average Bonchev–Trinajstić information content (AvgIpc) is 3.11. The molecule has 0 radical (unpaired) electrons. The van der Waals surface area contributed by atoms with Gasteiger partial charge in [-0.15, -0.1) is 11.3 Å². The lowest BCUT2D eigenvalue weighted by Gasteiger charge is -2.31. The first-order valence-electron chi connectivity index (χ1n) is 8.50. The van der Waals surface area contributed by atoms with E-state index >= 15 is 0 Å². The van der Waals surface area contributed by atoms with Gasteiger partial charge in [0.25, 0.3) is 0 Å². The van der Waals surface area contributed by atoms with E-state index in [0.717, 1.165) is 37.0 Å². The summed E-state index contributed by atoms with van der Waals surface area (Å²) in [6.07, 6.45) is 2.08. The van der Waals surface area contributed by atoms with E-state index in [-0.39, 0.29) is 6.10 Å². The molecule has 3 rings (SSSR count). The molecule has 1 aromatic carbocycles. The summed E-state index contributed by atoms with van der Waals surface area (Å²) < 4.78 is 0. The highest BCUT2D eigenvalue weighted by Gasteiger charge is 2.20. The first kappa shape index (κ1) is 16.7. The van der Waals surface area contributed by atoms with E-state index < -0.39 is 0 Å². The quantitative estimate of drug-likeness (QED) is 0.818. The molecule has 0 bridgehead atoms. The average molecular weight is 330 g/mol. The maximum atomic E-state index is 10.5. The highest BCUT2D eigenvalue weighted by Crippen LogP contribution is 2.22. The van der Waals surface area contributed by atoms with Crippen molar-refractivity contribution in [2.45, 2.75) is 25.5 Å². The summed E-state index contributed by atoms with van der Waals surface area (Å²) in [5, 5.41) is 16.0. The predicted octanol–water partition coefficient (Wildman–Crippen LogP) is 3.28. The first-order valence-corrected chi connectivity index (χ1v) is 9.37. The highest BCUT2D eigenvalue weighted by atomic mass is 32.1. The van der Waals surface area contributed by atoms with E-state index in [9.17, 15) is 5.11 Å². The van der Waals surface area contributed by atoms with Crippen molar-refractivity contribution in [2.24, 2.45) is 5.92 Å². The Hall–Kier alpha value is -1.20. The Kier molecular flexibility index (Phi) is 6.22. The Balaban J connectivity index is 1.64. The number of rotatable bonds is 7. The van der Waals surface area contributed by atoms with Gasteiger partial charge in [-0.1, -0.05) is 36.4 Å². The number of thiophene rings is 1. The van der Waals surface area contributed by atoms with Crippen LogP contribution in [0.5, 0.6) is 0 Å². The smallest absolute Gasteiger partial charge is 0.101 e. The van der Waals surface area contributed by atoms with Gasteiger partial charge in [-0.05, 0) is 48.9 Å². The molecule has 4 heteroatoms. The summed E-state index contributed by atoms with van der Waals surface area (Å²) in [4.78, 5) is 3.49. The Morgan fingerprint density at radius 2 is 1.91 bits per heavy atom. The van der Waals surface area contributed by atoms with Crippen LogP contribution >= 0.6 is 11.3 Å². The largest absolute Gasteiger partial charge is 0.386 e. The third kappa shape index (κ3) is 5.15. The molecule has 1 aromatic heterocycles. The summed E-state index contributed by atoms with van der Waals surface area (Å²) in [5.74, 6) is 0.732. The molecule has 1 aliphatic heterocycles. The highest BCUT2D eigenvalue weighted by molar-refractivity contribution is 7.10. The van der Waals surface area contributed by atoms with Crippen molar-refractivity contribution in [3.63, 3.8) is 0 Å². The number of benzene rings is 1. The van der Waals surface area contributed by atoms with Crippen LogP contribution in [-0.2, 0) is 6.54 Å². The molecule has 124 valence electrons. The van der Waals surface area contributed by atoms with Crippen molar-refractivity contribution in [2.75, 3.05) is 26.2 Å². The van der Waals surface area contributed by atoms with Crippen LogP contribution in [0, 0.1) is 5.92 Å². The van der Waals surface area contributed by atoms with Gasteiger partial charge in [-0.25, -0.2) is 0 Å². The number of hydrogen-bond acceptors (Lipinski definition) is 4. The molecule has 2 heterocycles. The van der Waals surface area contributed by atoms with Crippen molar-refractivity contribution in [1.82, 2.24) is 10.2 Å². The molecule has 0 aliphatic carbocycles. The number of hydrogen-bond donors (Lipinski definition) is 2. The standard InChI is InChI=1S/C19H26N2OS/c22-18(19-7-4-12-23-19)15-21(13-16-5-2-1-3-6-16)14-17-8-10-20-11-9-17/h1-7,12,17-18,20,22H,8-11,13-15H2. The van der Waals surface area contributed by atoms with Crippen LogP contribution in [-0.4, -0.2) is 36.2 Å². The summed E-state index contributed by atoms with van der Waals surface area (Å²) in [7, 11) is 0.